The second-order valence-electron chi connectivity index (χ2n) is 7.88. The summed E-state index contributed by atoms with van der Waals surface area (Å²) in [7, 11) is 0. The second-order valence-corrected chi connectivity index (χ2v) is 8.66. The smallest absolute Gasteiger partial charge is 0.232 e. The maximum Gasteiger partial charge on any atom is 0.232 e. The van der Waals surface area contributed by atoms with Crippen molar-refractivity contribution in [1.29, 1.82) is 0 Å². The van der Waals surface area contributed by atoms with Gasteiger partial charge in [-0.3, -0.25) is 0 Å². The molecule has 4 rings (SSSR count). The molecule has 164 valence electrons. The maximum atomic E-state index is 12.0. The van der Waals surface area contributed by atoms with Gasteiger partial charge in [0, 0.05) is 18.2 Å². The van der Waals surface area contributed by atoms with Gasteiger partial charge in [0.15, 0.2) is 5.60 Å². The number of ether oxygens (including phenoxy) is 2. The van der Waals surface area contributed by atoms with E-state index in [-0.39, 0.29) is 12.8 Å². The van der Waals surface area contributed by atoms with Crippen molar-refractivity contribution in [1.82, 2.24) is 0 Å². The molecule has 0 radical (unpaired) electrons. The standard InChI is InChI=1S/C24H26O6S/c25-15-20-21(26)23(27,13-17-7-3-1-4-8-17)24(28,14-18-9-5-2-6-10-18)22(30-20)29-19-11-12-31-16-19/h1-12,16,20-22,25-28H,13-15H2/t20-,21-,22+,23+,24+/m1/s1. The van der Waals surface area contributed by atoms with Crippen LogP contribution in [0.4, 0.5) is 0 Å². The van der Waals surface area contributed by atoms with Gasteiger partial charge in [-0.05, 0) is 22.6 Å². The number of benzene rings is 2. The third-order valence-electron chi connectivity index (χ3n) is 5.83. The van der Waals surface area contributed by atoms with Crippen LogP contribution in [0.3, 0.4) is 0 Å². The van der Waals surface area contributed by atoms with E-state index in [1.807, 2.05) is 66.0 Å². The van der Waals surface area contributed by atoms with Gasteiger partial charge in [-0.25, -0.2) is 0 Å². The van der Waals surface area contributed by atoms with Gasteiger partial charge in [0.2, 0.25) is 6.29 Å². The van der Waals surface area contributed by atoms with E-state index in [0.717, 1.165) is 11.1 Å². The van der Waals surface area contributed by atoms with E-state index in [1.165, 1.54) is 11.3 Å². The van der Waals surface area contributed by atoms with Gasteiger partial charge in [0.1, 0.15) is 23.6 Å². The Morgan fingerprint density at radius 3 is 1.97 bits per heavy atom. The summed E-state index contributed by atoms with van der Waals surface area (Å²) in [6.07, 6.45) is -4.08. The molecule has 0 unspecified atom stereocenters. The fraction of sp³-hybridized carbons (Fsp3) is 0.333. The second kappa shape index (κ2) is 9.08. The van der Waals surface area contributed by atoms with Crippen molar-refractivity contribution < 1.29 is 29.9 Å². The lowest BCUT2D eigenvalue weighted by Crippen LogP contribution is -2.77. The fourth-order valence-corrected chi connectivity index (χ4v) is 4.69. The number of aliphatic hydroxyl groups is 4. The molecule has 0 spiro atoms. The van der Waals surface area contributed by atoms with E-state index < -0.39 is 36.3 Å². The molecule has 2 heterocycles. The van der Waals surface area contributed by atoms with Crippen LogP contribution in [0.2, 0.25) is 0 Å². The molecular weight excluding hydrogens is 416 g/mol. The SMILES string of the molecule is OC[C@H]1O[C@H](Oc2ccsc2)[C@@](O)(Cc2ccccc2)[C@](O)(Cc2ccccc2)[C@@H]1O. The highest BCUT2D eigenvalue weighted by atomic mass is 32.1. The number of hydrogen-bond donors (Lipinski definition) is 4. The van der Waals surface area contributed by atoms with Crippen LogP contribution in [-0.4, -0.2) is 56.7 Å². The average Bonchev–Trinajstić information content (AvgIpc) is 3.29. The molecule has 6 nitrogen and oxygen atoms in total. The summed E-state index contributed by atoms with van der Waals surface area (Å²) in [6, 6.07) is 20.0. The molecule has 31 heavy (non-hydrogen) atoms. The van der Waals surface area contributed by atoms with Gasteiger partial charge in [-0.15, -0.1) is 11.3 Å². The van der Waals surface area contributed by atoms with Gasteiger partial charge >= 0.3 is 0 Å². The molecule has 1 aromatic heterocycles. The van der Waals surface area contributed by atoms with Gasteiger partial charge in [-0.2, -0.15) is 0 Å². The van der Waals surface area contributed by atoms with E-state index in [9.17, 15) is 20.4 Å². The summed E-state index contributed by atoms with van der Waals surface area (Å²) in [6.45, 7) is -0.539. The minimum Gasteiger partial charge on any atom is -0.461 e. The molecule has 1 saturated heterocycles. The normalized spacial score (nSPS) is 30.8. The Morgan fingerprint density at radius 2 is 1.45 bits per heavy atom. The first-order chi connectivity index (χ1) is 15.0. The third kappa shape index (κ3) is 4.25. The fourth-order valence-electron chi connectivity index (χ4n) is 4.13. The van der Waals surface area contributed by atoms with Crippen molar-refractivity contribution in [3.05, 3.63) is 88.6 Å². The molecule has 0 saturated carbocycles. The van der Waals surface area contributed by atoms with Crippen molar-refractivity contribution in [3.8, 4) is 5.75 Å². The largest absolute Gasteiger partial charge is 0.461 e. The lowest BCUT2D eigenvalue weighted by Gasteiger charge is -2.55. The van der Waals surface area contributed by atoms with Crippen LogP contribution in [0.15, 0.2) is 77.5 Å². The Hall–Kier alpha value is -2.26. The minimum absolute atomic E-state index is 0.0266. The monoisotopic (exact) mass is 442 g/mol. The Labute approximate surface area is 185 Å². The van der Waals surface area contributed by atoms with Crippen molar-refractivity contribution in [2.45, 2.75) is 42.5 Å². The lowest BCUT2D eigenvalue weighted by atomic mass is 9.68. The predicted molar refractivity (Wildman–Crippen MR) is 117 cm³/mol. The molecule has 5 atom stereocenters. The van der Waals surface area contributed by atoms with Gasteiger partial charge < -0.3 is 29.9 Å². The van der Waals surface area contributed by atoms with Crippen LogP contribution in [0.1, 0.15) is 11.1 Å². The molecule has 1 aliphatic heterocycles. The van der Waals surface area contributed by atoms with Crippen molar-refractivity contribution >= 4 is 11.3 Å². The molecular formula is C24H26O6S. The first-order valence-corrected chi connectivity index (χ1v) is 11.1. The highest BCUT2D eigenvalue weighted by Crippen LogP contribution is 2.43. The summed E-state index contributed by atoms with van der Waals surface area (Å²) in [5.74, 6) is 0.469. The van der Waals surface area contributed by atoms with Crippen LogP contribution >= 0.6 is 11.3 Å². The number of aliphatic hydroxyl groups excluding tert-OH is 2. The molecule has 7 heteroatoms. The van der Waals surface area contributed by atoms with Gasteiger partial charge in [0.05, 0.1) is 6.61 Å². The highest BCUT2D eigenvalue weighted by Gasteiger charge is 2.65. The summed E-state index contributed by atoms with van der Waals surface area (Å²) in [4.78, 5) is 0. The van der Waals surface area contributed by atoms with E-state index in [0.29, 0.717) is 5.75 Å². The first kappa shape index (κ1) is 22.0. The van der Waals surface area contributed by atoms with E-state index in [1.54, 1.807) is 11.4 Å². The van der Waals surface area contributed by atoms with Crippen LogP contribution in [0.25, 0.3) is 0 Å². The summed E-state index contributed by atoms with van der Waals surface area (Å²) < 4.78 is 11.8. The third-order valence-corrected chi connectivity index (χ3v) is 6.49. The number of rotatable bonds is 7. The number of thiophene rings is 1. The molecule has 0 amide bonds. The molecule has 0 bridgehead atoms. The zero-order valence-corrected chi connectivity index (χ0v) is 17.7. The van der Waals surface area contributed by atoms with E-state index >= 15 is 0 Å². The topological polar surface area (TPSA) is 99.4 Å². The zero-order valence-electron chi connectivity index (χ0n) is 16.9. The molecule has 0 aliphatic carbocycles. The van der Waals surface area contributed by atoms with E-state index in [4.69, 9.17) is 9.47 Å². The van der Waals surface area contributed by atoms with Crippen molar-refractivity contribution in [2.75, 3.05) is 6.61 Å². The summed E-state index contributed by atoms with van der Waals surface area (Å²) in [5.41, 5.74) is -2.61. The molecule has 2 aromatic carbocycles. The molecule has 3 aromatic rings. The van der Waals surface area contributed by atoms with Crippen LogP contribution in [0.5, 0.6) is 5.75 Å². The zero-order chi connectivity index (χ0) is 21.9. The van der Waals surface area contributed by atoms with Crippen molar-refractivity contribution in [3.63, 3.8) is 0 Å². The Bertz CT molecular complexity index is 951. The maximum absolute atomic E-state index is 12.0. The van der Waals surface area contributed by atoms with Crippen LogP contribution < -0.4 is 4.74 Å². The average molecular weight is 443 g/mol. The van der Waals surface area contributed by atoms with Gasteiger partial charge in [-0.1, -0.05) is 60.7 Å². The molecule has 1 fully saturated rings. The summed E-state index contributed by atoms with van der Waals surface area (Å²) in [5, 5.41) is 48.4. The Balaban J connectivity index is 1.79. The number of hydrogen-bond acceptors (Lipinski definition) is 7. The molecule has 4 N–H and O–H groups in total. The summed E-state index contributed by atoms with van der Waals surface area (Å²) >= 11 is 1.42. The van der Waals surface area contributed by atoms with Crippen LogP contribution in [-0.2, 0) is 17.6 Å². The first-order valence-electron chi connectivity index (χ1n) is 10.1. The Kier molecular flexibility index (Phi) is 6.43. The van der Waals surface area contributed by atoms with E-state index in [2.05, 4.69) is 0 Å². The van der Waals surface area contributed by atoms with Crippen molar-refractivity contribution in [2.24, 2.45) is 0 Å². The highest BCUT2D eigenvalue weighted by molar-refractivity contribution is 7.08. The predicted octanol–water partition coefficient (Wildman–Crippen LogP) is 2.15. The quantitative estimate of drug-likeness (QED) is 0.448. The lowest BCUT2D eigenvalue weighted by molar-refractivity contribution is -0.357. The Morgan fingerprint density at radius 1 is 0.871 bits per heavy atom. The minimum atomic E-state index is -2.06. The molecule has 1 aliphatic rings. The van der Waals surface area contributed by atoms with Crippen LogP contribution in [0, 0.1) is 0 Å². The van der Waals surface area contributed by atoms with Gasteiger partial charge in [0.25, 0.3) is 0 Å².